The molecule has 1 aliphatic rings. The highest BCUT2D eigenvalue weighted by atomic mass is 127. The minimum Gasteiger partial charge on any atom is -0.399 e. The van der Waals surface area contributed by atoms with Crippen molar-refractivity contribution >= 4 is 46.8 Å². The summed E-state index contributed by atoms with van der Waals surface area (Å²) in [5.74, 6) is -0.470. The third kappa shape index (κ3) is 2.30. The summed E-state index contributed by atoms with van der Waals surface area (Å²) < 4.78 is 26.5. The first-order valence-corrected chi connectivity index (χ1v) is 7.10. The predicted molar refractivity (Wildman–Crippen MR) is 79.8 cm³/mol. The number of halogens is 3. The molecule has 2 rings (SSSR count). The van der Waals surface area contributed by atoms with Gasteiger partial charge in [-0.25, -0.2) is 4.39 Å². The van der Waals surface area contributed by atoms with E-state index in [2.05, 4.69) is 22.6 Å². The van der Waals surface area contributed by atoms with Crippen LogP contribution in [0.4, 0.5) is 4.39 Å². The average Bonchev–Trinajstić information content (AvgIpc) is 2.43. The monoisotopic (exact) mass is 382 g/mol. The lowest BCUT2D eigenvalue weighted by Gasteiger charge is -2.32. The molecular weight excluding hydrogens is 368 g/mol. The molecule has 0 radical (unpaired) electrons. The maximum Gasteiger partial charge on any atom is 0.499 e. The Kier molecular flexibility index (Phi) is 3.73. The molecule has 1 heterocycles. The molecule has 1 fully saturated rings. The highest BCUT2D eigenvalue weighted by Gasteiger charge is 2.53. The summed E-state index contributed by atoms with van der Waals surface area (Å²) in [4.78, 5) is 0. The van der Waals surface area contributed by atoms with Gasteiger partial charge in [-0.15, -0.1) is 0 Å². The van der Waals surface area contributed by atoms with Gasteiger partial charge in [-0.2, -0.15) is 0 Å². The van der Waals surface area contributed by atoms with Crippen LogP contribution in [0.5, 0.6) is 0 Å². The van der Waals surface area contributed by atoms with Gasteiger partial charge in [0, 0.05) is 9.03 Å². The van der Waals surface area contributed by atoms with Crippen molar-refractivity contribution in [2.75, 3.05) is 0 Å². The van der Waals surface area contributed by atoms with E-state index in [0.717, 1.165) is 3.57 Å². The molecule has 1 aromatic rings. The Morgan fingerprint density at radius 2 is 1.67 bits per heavy atom. The minimum atomic E-state index is -0.722. The molecule has 1 saturated heterocycles. The fraction of sp³-hybridized carbons (Fsp3) is 0.500. The molecule has 0 spiro atoms. The molecule has 6 heteroatoms. The highest BCUT2D eigenvalue weighted by molar-refractivity contribution is 14.1. The van der Waals surface area contributed by atoms with Crippen molar-refractivity contribution < 1.29 is 13.7 Å². The van der Waals surface area contributed by atoms with E-state index in [-0.39, 0.29) is 5.02 Å². The molecule has 0 saturated carbocycles. The van der Waals surface area contributed by atoms with Gasteiger partial charge in [0.1, 0.15) is 5.82 Å². The Hall–Kier alpha value is 0.155. The predicted octanol–water partition coefficient (Wildman–Crippen LogP) is 3.38. The largest absolute Gasteiger partial charge is 0.499 e. The van der Waals surface area contributed by atoms with Crippen molar-refractivity contribution in [2.45, 2.75) is 38.9 Å². The fourth-order valence-corrected chi connectivity index (χ4v) is 2.56. The van der Waals surface area contributed by atoms with Gasteiger partial charge >= 0.3 is 7.12 Å². The summed E-state index contributed by atoms with van der Waals surface area (Å²) in [6, 6.07) is 3.29. The van der Waals surface area contributed by atoms with E-state index in [9.17, 15) is 4.39 Å². The SMILES string of the molecule is CC1(C)OB(c2c(I)ccc(Cl)c2F)OC1(C)C. The second-order valence-corrected chi connectivity index (χ2v) is 6.91. The van der Waals surface area contributed by atoms with E-state index in [4.69, 9.17) is 20.9 Å². The Labute approximate surface area is 125 Å². The summed E-state index contributed by atoms with van der Waals surface area (Å²) in [6.07, 6.45) is 0. The van der Waals surface area contributed by atoms with Gasteiger partial charge in [-0.05, 0) is 62.4 Å². The lowest BCUT2D eigenvalue weighted by Crippen LogP contribution is -2.41. The van der Waals surface area contributed by atoms with Crippen molar-refractivity contribution in [3.63, 3.8) is 0 Å². The van der Waals surface area contributed by atoms with Crippen LogP contribution >= 0.6 is 34.2 Å². The van der Waals surface area contributed by atoms with Gasteiger partial charge in [-0.1, -0.05) is 11.6 Å². The molecule has 18 heavy (non-hydrogen) atoms. The molecule has 1 aromatic carbocycles. The molecule has 0 aliphatic carbocycles. The van der Waals surface area contributed by atoms with Gasteiger partial charge in [0.05, 0.1) is 16.2 Å². The fourth-order valence-electron chi connectivity index (χ4n) is 1.72. The van der Waals surface area contributed by atoms with Gasteiger partial charge < -0.3 is 9.31 Å². The van der Waals surface area contributed by atoms with Gasteiger partial charge in [-0.3, -0.25) is 0 Å². The number of rotatable bonds is 1. The summed E-state index contributed by atoms with van der Waals surface area (Å²) in [6.45, 7) is 7.73. The first-order chi connectivity index (χ1) is 8.16. The Balaban J connectivity index is 2.44. The summed E-state index contributed by atoms with van der Waals surface area (Å²) in [5, 5.41) is 0.0835. The quantitative estimate of drug-likeness (QED) is 0.421. The molecule has 0 atom stereocenters. The van der Waals surface area contributed by atoms with Crippen LogP contribution in [0.2, 0.25) is 5.02 Å². The molecular formula is C12H14BClFIO2. The first-order valence-electron chi connectivity index (χ1n) is 5.65. The van der Waals surface area contributed by atoms with Crippen LogP contribution in [0.15, 0.2) is 12.1 Å². The maximum atomic E-state index is 14.1. The van der Waals surface area contributed by atoms with Crippen LogP contribution in [-0.4, -0.2) is 18.3 Å². The van der Waals surface area contributed by atoms with Crippen LogP contribution in [-0.2, 0) is 9.31 Å². The topological polar surface area (TPSA) is 18.5 Å². The summed E-state index contributed by atoms with van der Waals surface area (Å²) >= 11 is 7.87. The zero-order valence-electron chi connectivity index (χ0n) is 10.7. The number of hydrogen-bond acceptors (Lipinski definition) is 2. The molecule has 0 unspecified atom stereocenters. The number of hydrogen-bond donors (Lipinski definition) is 0. The van der Waals surface area contributed by atoms with E-state index in [1.807, 2.05) is 27.7 Å². The number of benzene rings is 1. The molecule has 0 aromatic heterocycles. The smallest absolute Gasteiger partial charge is 0.399 e. The van der Waals surface area contributed by atoms with E-state index < -0.39 is 24.1 Å². The van der Waals surface area contributed by atoms with Crippen LogP contribution in [0.3, 0.4) is 0 Å². The normalized spacial score (nSPS) is 21.4. The summed E-state index contributed by atoms with van der Waals surface area (Å²) in [5.41, 5.74) is -0.605. The molecule has 0 N–H and O–H groups in total. The van der Waals surface area contributed by atoms with Crippen molar-refractivity contribution in [3.05, 3.63) is 26.5 Å². The van der Waals surface area contributed by atoms with E-state index >= 15 is 0 Å². The third-order valence-corrected chi connectivity index (χ3v) is 4.80. The standard InChI is InChI=1S/C12H14BClFIO2/c1-11(2)12(3,4)18-13(17-11)9-8(16)6-5-7(14)10(9)15/h5-6H,1-4H3. The van der Waals surface area contributed by atoms with E-state index in [1.165, 1.54) is 6.07 Å². The van der Waals surface area contributed by atoms with Gasteiger partial charge in [0.2, 0.25) is 0 Å². The molecule has 0 bridgehead atoms. The lowest BCUT2D eigenvalue weighted by molar-refractivity contribution is 0.00578. The van der Waals surface area contributed by atoms with Crippen molar-refractivity contribution in [2.24, 2.45) is 0 Å². The van der Waals surface area contributed by atoms with Crippen LogP contribution in [0, 0.1) is 9.39 Å². The van der Waals surface area contributed by atoms with Gasteiger partial charge in [0.25, 0.3) is 0 Å². The Morgan fingerprint density at radius 1 is 1.17 bits per heavy atom. The second-order valence-electron chi connectivity index (χ2n) is 5.35. The van der Waals surface area contributed by atoms with Crippen LogP contribution in [0.1, 0.15) is 27.7 Å². The van der Waals surface area contributed by atoms with E-state index in [0.29, 0.717) is 5.46 Å². The summed E-state index contributed by atoms with van der Waals surface area (Å²) in [7, 11) is -0.722. The Bertz CT molecular complexity index is 477. The zero-order chi connectivity index (χ0) is 13.7. The first kappa shape index (κ1) is 14.6. The highest BCUT2D eigenvalue weighted by Crippen LogP contribution is 2.37. The maximum absolute atomic E-state index is 14.1. The van der Waals surface area contributed by atoms with Gasteiger partial charge in [0.15, 0.2) is 0 Å². The Morgan fingerprint density at radius 3 is 2.17 bits per heavy atom. The zero-order valence-corrected chi connectivity index (χ0v) is 13.6. The average molecular weight is 382 g/mol. The molecule has 1 aliphatic heterocycles. The van der Waals surface area contributed by atoms with E-state index in [1.54, 1.807) is 6.07 Å². The molecule has 98 valence electrons. The second kappa shape index (κ2) is 4.61. The third-order valence-electron chi connectivity index (χ3n) is 3.57. The van der Waals surface area contributed by atoms with Crippen molar-refractivity contribution in [3.8, 4) is 0 Å². The molecule has 2 nitrogen and oxygen atoms in total. The van der Waals surface area contributed by atoms with Crippen molar-refractivity contribution in [1.82, 2.24) is 0 Å². The van der Waals surface area contributed by atoms with Crippen LogP contribution in [0.25, 0.3) is 0 Å². The lowest BCUT2D eigenvalue weighted by atomic mass is 9.79. The van der Waals surface area contributed by atoms with Crippen LogP contribution < -0.4 is 5.46 Å². The molecule has 0 amide bonds. The van der Waals surface area contributed by atoms with Crippen molar-refractivity contribution in [1.29, 1.82) is 0 Å². The minimum absolute atomic E-state index is 0.0835.